The Morgan fingerprint density at radius 3 is 2.38 bits per heavy atom. The van der Waals surface area contributed by atoms with Crippen LogP contribution in [0.5, 0.6) is 5.75 Å². The van der Waals surface area contributed by atoms with Crippen molar-refractivity contribution in [2.45, 2.75) is 5.25 Å². The zero-order chi connectivity index (χ0) is 9.84. The van der Waals surface area contributed by atoms with Crippen molar-refractivity contribution in [1.29, 1.82) is 0 Å². The van der Waals surface area contributed by atoms with E-state index in [1.165, 1.54) is 0 Å². The van der Waals surface area contributed by atoms with E-state index < -0.39 is 11.2 Å². The molecule has 0 spiro atoms. The van der Waals surface area contributed by atoms with Crippen LogP contribution >= 0.6 is 12.6 Å². The predicted octanol–water partition coefficient (Wildman–Crippen LogP) is 1.48. The molecule has 1 aromatic carbocycles. The molecule has 0 aliphatic heterocycles. The maximum absolute atomic E-state index is 10.7. The van der Waals surface area contributed by atoms with E-state index in [0.717, 1.165) is 5.75 Å². The minimum Gasteiger partial charge on any atom is -0.497 e. The van der Waals surface area contributed by atoms with Crippen molar-refractivity contribution in [2.75, 3.05) is 7.11 Å². The molecule has 1 amide bonds. The fraction of sp³-hybridized carbons (Fsp3) is 0.222. The van der Waals surface area contributed by atoms with E-state index in [1.54, 1.807) is 31.4 Å². The molecule has 69 valence electrons. The minimum absolute atomic E-state index is 0.661. The van der Waals surface area contributed by atoms with Gasteiger partial charge in [0.15, 0.2) is 0 Å². The van der Waals surface area contributed by atoms with E-state index >= 15 is 0 Å². The maximum Gasteiger partial charge on any atom is 0.255 e. The van der Waals surface area contributed by atoms with Crippen LogP contribution in [0.2, 0.25) is 0 Å². The number of carbonyl (C=O) groups excluding carboxylic acids is 1. The summed E-state index contributed by atoms with van der Waals surface area (Å²) in [5.41, 5.74) is 7.59. The predicted molar refractivity (Wildman–Crippen MR) is 52.8 cm³/mol. The largest absolute Gasteiger partial charge is 0.497 e. The van der Waals surface area contributed by atoms with Gasteiger partial charge < -0.3 is 4.74 Å². The smallest absolute Gasteiger partial charge is 0.255 e. The van der Waals surface area contributed by atoms with Gasteiger partial charge in [-0.1, -0.05) is 12.1 Å². The monoisotopic (exact) mass is 196 g/mol. The molecule has 0 saturated carbocycles. The minimum atomic E-state index is -0.700. The highest BCUT2D eigenvalue weighted by Gasteiger charge is 2.12. The number of amides is 1. The van der Waals surface area contributed by atoms with Gasteiger partial charge in [0.05, 0.1) is 7.11 Å². The fourth-order valence-electron chi connectivity index (χ4n) is 0.938. The summed E-state index contributed by atoms with van der Waals surface area (Å²) in [4.78, 5) is 10.7. The normalized spacial score (nSPS) is 12.2. The zero-order valence-electron chi connectivity index (χ0n) is 7.15. The van der Waals surface area contributed by atoms with E-state index in [0.29, 0.717) is 5.56 Å². The average molecular weight is 196 g/mol. The molecule has 4 heteroatoms. The molecule has 1 N–H and O–H groups in total. The second kappa shape index (κ2) is 4.18. The number of benzene rings is 1. The van der Waals surface area contributed by atoms with E-state index in [1.807, 2.05) is 0 Å². The van der Waals surface area contributed by atoms with Crippen LogP contribution in [-0.2, 0) is 4.79 Å². The van der Waals surface area contributed by atoms with Crippen molar-refractivity contribution in [1.82, 2.24) is 5.73 Å². The zero-order valence-corrected chi connectivity index (χ0v) is 8.04. The third kappa shape index (κ3) is 2.39. The fourth-order valence-corrected chi connectivity index (χ4v) is 1.11. The van der Waals surface area contributed by atoms with Gasteiger partial charge in [-0.15, -0.1) is 0 Å². The van der Waals surface area contributed by atoms with Crippen LogP contribution in [0.4, 0.5) is 0 Å². The number of thiol groups is 1. The number of rotatable bonds is 3. The molecule has 1 atom stereocenters. The van der Waals surface area contributed by atoms with Gasteiger partial charge in [0.2, 0.25) is 0 Å². The quantitative estimate of drug-likeness (QED) is 0.744. The van der Waals surface area contributed by atoms with E-state index in [-0.39, 0.29) is 0 Å². The standard InChI is InChI=1S/C9H10NO2S/c1-12-7-4-2-6(3-5-7)8(13)9(10)11/h2-5,8,10,13H,1H3. The van der Waals surface area contributed by atoms with Crippen molar-refractivity contribution >= 4 is 18.5 Å². The van der Waals surface area contributed by atoms with E-state index in [9.17, 15) is 4.79 Å². The van der Waals surface area contributed by atoms with Gasteiger partial charge in [-0.05, 0) is 17.7 Å². The molecule has 13 heavy (non-hydrogen) atoms. The first-order valence-corrected chi connectivity index (χ1v) is 4.24. The molecule has 0 aromatic heterocycles. The lowest BCUT2D eigenvalue weighted by molar-refractivity contribution is -0.118. The molecular formula is C9H10NO2S. The molecule has 0 saturated heterocycles. The molecule has 1 aromatic rings. The van der Waals surface area contributed by atoms with Gasteiger partial charge in [-0.2, -0.15) is 12.6 Å². The summed E-state index contributed by atoms with van der Waals surface area (Å²) in [5, 5.41) is -0.661. The Morgan fingerprint density at radius 2 is 2.00 bits per heavy atom. The van der Waals surface area contributed by atoms with Crippen LogP contribution in [0.15, 0.2) is 24.3 Å². The Bertz CT molecular complexity index is 297. The van der Waals surface area contributed by atoms with Crippen LogP contribution in [0.3, 0.4) is 0 Å². The summed E-state index contributed by atoms with van der Waals surface area (Å²) in [6.07, 6.45) is 0. The number of ether oxygens (including phenoxy) is 1. The third-order valence-electron chi connectivity index (χ3n) is 1.68. The van der Waals surface area contributed by atoms with E-state index in [2.05, 4.69) is 12.6 Å². The molecule has 0 aliphatic rings. The van der Waals surface area contributed by atoms with Crippen molar-refractivity contribution < 1.29 is 9.53 Å². The highest BCUT2D eigenvalue weighted by molar-refractivity contribution is 7.81. The molecule has 1 rings (SSSR count). The highest BCUT2D eigenvalue weighted by Crippen LogP contribution is 2.22. The third-order valence-corrected chi connectivity index (χ3v) is 2.21. The maximum atomic E-state index is 10.7. The Morgan fingerprint density at radius 1 is 1.46 bits per heavy atom. The van der Waals surface area contributed by atoms with Crippen molar-refractivity contribution in [3.05, 3.63) is 29.8 Å². The van der Waals surface area contributed by atoms with Gasteiger partial charge in [-0.25, -0.2) is 0 Å². The molecule has 0 fully saturated rings. The van der Waals surface area contributed by atoms with Crippen molar-refractivity contribution in [3.63, 3.8) is 0 Å². The second-order valence-corrected chi connectivity index (χ2v) is 3.06. The summed E-state index contributed by atoms with van der Waals surface area (Å²) < 4.78 is 4.95. The Kier molecular flexibility index (Phi) is 3.19. The topological polar surface area (TPSA) is 50.1 Å². The first kappa shape index (κ1) is 9.92. The van der Waals surface area contributed by atoms with Gasteiger partial charge in [0, 0.05) is 0 Å². The van der Waals surface area contributed by atoms with E-state index in [4.69, 9.17) is 10.5 Å². The SMILES string of the molecule is COc1ccc(C(S)C([NH])=O)cc1. The summed E-state index contributed by atoms with van der Waals surface area (Å²) in [7, 11) is 1.57. The summed E-state index contributed by atoms with van der Waals surface area (Å²) in [5.74, 6) is 0.0233. The van der Waals surface area contributed by atoms with Gasteiger partial charge in [-0.3, -0.25) is 10.5 Å². The van der Waals surface area contributed by atoms with Crippen LogP contribution in [0, 0.1) is 0 Å². The van der Waals surface area contributed by atoms with Crippen LogP contribution in [0.25, 0.3) is 0 Å². The number of nitrogens with one attached hydrogen (secondary N) is 1. The van der Waals surface area contributed by atoms with Crippen LogP contribution in [0.1, 0.15) is 10.8 Å². The number of carbonyl (C=O) groups is 1. The van der Waals surface area contributed by atoms with Crippen molar-refractivity contribution in [3.8, 4) is 5.75 Å². The van der Waals surface area contributed by atoms with Crippen LogP contribution < -0.4 is 10.5 Å². The molecule has 1 radical (unpaired) electrons. The molecule has 3 nitrogen and oxygen atoms in total. The Labute approximate surface area is 82.3 Å². The van der Waals surface area contributed by atoms with Crippen LogP contribution in [-0.4, -0.2) is 13.0 Å². The highest BCUT2D eigenvalue weighted by atomic mass is 32.1. The van der Waals surface area contributed by atoms with Gasteiger partial charge in [0.1, 0.15) is 11.0 Å². The lowest BCUT2D eigenvalue weighted by Gasteiger charge is -2.06. The van der Waals surface area contributed by atoms with Crippen molar-refractivity contribution in [2.24, 2.45) is 0 Å². The lowest BCUT2D eigenvalue weighted by atomic mass is 10.1. The summed E-state index contributed by atoms with van der Waals surface area (Å²) in [6.45, 7) is 0. The number of hydrogen-bond donors (Lipinski definition) is 1. The Hall–Kier alpha value is -1.16. The number of hydrogen-bond acceptors (Lipinski definition) is 3. The lowest BCUT2D eigenvalue weighted by Crippen LogP contribution is -2.06. The summed E-state index contributed by atoms with van der Waals surface area (Å²) in [6, 6.07) is 6.93. The first-order chi connectivity index (χ1) is 6.15. The molecule has 1 unspecified atom stereocenters. The summed E-state index contributed by atoms with van der Waals surface area (Å²) >= 11 is 4.00. The average Bonchev–Trinajstić information content (AvgIpc) is 2.17. The Balaban J connectivity index is 2.85. The second-order valence-electron chi connectivity index (χ2n) is 2.54. The first-order valence-electron chi connectivity index (χ1n) is 3.72. The molecule has 0 bridgehead atoms. The molecule has 0 heterocycles. The molecule has 0 aliphatic carbocycles. The van der Waals surface area contributed by atoms with Gasteiger partial charge in [0.25, 0.3) is 5.91 Å². The molecular weight excluding hydrogens is 186 g/mol. The van der Waals surface area contributed by atoms with Gasteiger partial charge >= 0.3 is 0 Å². The number of methoxy groups -OCH3 is 1.